The summed E-state index contributed by atoms with van der Waals surface area (Å²) in [5.74, 6) is 0.328. The van der Waals surface area contributed by atoms with Crippen LogP contribution in [-0.2, 0) is 11.3 Å². The number of benzene rings is 1. The molecule has 2 aromatic heterocycles. The predicted molar refractivity (Wildman–Crippen MR) is 106 cm³/mol. The Bertz CT molecular complexity index is 1080. The van der Waals surface area contributed by atoms with E-state index in [4.69, 9.17) is 0 Å². The third kappa shape index (κ3) is 3.00. The van der Waals surface area contributed by atoms with Crippen molar-refractivity contribution < 1.29 is 4.79 Å². The molecular formula is C21H23N5O2. The number of para-hydroxylation sites is 1. The van der Waals surface area contributed by atoms with Gasteiger partial charge in [-0.05, 0) is 44.2 Å². The Labute approximate surface area is 162 Å². The van der Waals surface area contributed by atoms with Gasteiger partial charge in [-0.2, -0.15) is 10.2 Å². The topological polar surface area (TPSA) is 73.0 Å². The lowest BCUT2D eigenvalue weighted by Crippen LogP contribution is -2.40. The maximum Gasteiger partial charge on any atom is 0.293 e. The Morgan fingerprint density at radius 2 is 1.82 bits per heavy atom. The summed E-state index contributed by atoms with van der Waals surface area (Å²) in [5.41, 5.74) is 1.97. The number of aromatic nitrogens is 4. The highest BCUT2D eigenvalue weighted by Crippen LogP contribution is 2.41. The molecular weight excluding hydrogens is 354 g/mol. The van der Waals surface area contributed by atoms with Crippen molar-refractivity contribution >= 4 is 16.8 Å². The van der Waals surface area contributed by atoms with Gasteiger partial charge in [0.1, 0.15) is 12.1 Å². The van der Waals surface area contributed by atoms with Gasteiger partial charge in [0.05, 0.1) is 17.6 Å². The van der Waals surface area contributed by atoms with Gasteiger partial charge in [0.25, 0.3) is 5.56 Å². The number of likely N-dealkylation sites (tertiary alicyclic amines) is 1. The lowest BCUT2D eigenvalue weighted by atomic mass is 10.1. The fraction of sp³-hybridized carbons (Fsp3) is 0.429. The molecule has 1 aromatic carbocycles. The molecule has 3 heterocycles. The third-order valence-corrected chi connectivity index (χ3v) is 5.67. The van der Waals surface area contributed by atoms with Crippen molar-refractivity contribution in [2.75, 3.05) is 13.1 Å². The maximum absolute atomic E-state index is 13.3. The summed E-state index contributed by atoms with van der Waals surface area (Å²) in [6.45, 7) is 1.54. The molecule has 7 nitrogen and oxygen atoms in total. The van der Waals surface area contributed by atoms with Gasteiger partial charge in [0, 0.05) is 24.4 Å². The molecule has 1 saturated heterocycles. The largest absolute Gasteiger partial charge is 0.341 e. The van der Waals surface area contributed by atoms with Gasteiger partial charge in [0.15, 0.2) is 0 Å². The van der Waals surface area contributed by atoms with Gasteiger partial charge < -0.3 is 4.90 Å². The molecule has 0 radical (unpaired) electrons. The Morgan fingerprint density at radius 1 is 1.07 bits per heavy atom. The minimum absolute atomic E-state index is 0.00549. The molecule has 0 bridgehead atoms. The van der Waals surface area contributed by atoms with Gasteiger partial charge in [-0.3, -0.25) is 9.59 Å². The van der Waals surface area contributed by atoms with Gasteiger partial charge in [-0.1, -0.05) is 18.2 Å². The van der Waals surface area contributed by atoms with Crippen LogP contribution in [-0.4, -0.2) is 43.5 Å². The van der Waals surface area contributed by atoms with Gasteiger partial charge in [-0.15, -0.1) is 0 Å². The van der Waals surface area contributed by atoms with Crippen LogP contribution in [0.5, 0.6) is 0 Å². The maximum atomic E-state index is 13.3. The summed E-state index contributed by atoms with van der Waals surface area (Å²) in [7, 11) is 0. The Kier molecular flexibility index (Phi) is 4.22. The molecule has 0 N–H and O–H groups in total. The first kappa shape index (κ1) is 17.2. The van der Waals surface area contributed by atoms with E-state index in [1.165, 1.54) is 4.68 Å². The van der Waals surface area contributed by atoms with Crippen LogP contribution >= 0.6 is 0 Å². The van der Waals surface area contributed by atoms with Crippen LogP contribution in [0.25, 0.3) is 16.6 Å². The fourth-order valence-corrected chi connectivity index (χ4v) is 4.00. The van der Waals surface area contributed by atoms with Crippen LogP contribution in [0.2, 0.25) is 0 Å². The lowest BCUT2D eigenvalue weighted by Gasteiger charge is -2.26. The van der Waals surface area contributed by atoms with E-state index in [9.17, 15) is 9.59 Å². The summed E-state index contributed by atoms with van der Waals surface area (Å²) < 4.78 is 3.03. The van der Waals surface area contributed by atoms with E-state index in [0.717, 1.165) is 62.0 Å². The zero-order valence-corrected chi connectivity index (χ0v) is 15.8. The van der Waals surface area contributed by atoms with E-state index in [-0.39, 0.29) is 18.0 Å². The van der Waals surface area contributed by atoms with Crippen molar-refractivity contribution in [3.05, 3.63) is 52.6 Å². The summed E-state index contributed by atoms with van der Waals surface area (Å²) >= 11 is 0. The quantitative estimate of drug-likeness (QED) is 0.700. The molecule has 1 amide bonds. The normalized spacial score (nSPS) is 17.2. The number of piperidine rings is 1. The van der Waals surface area contributed by atoms with E-state index < -0.39 is 0 Å². The second-order valence-electron chi connectivity index (χ2n) is 7.72. The standard InChI is InChI=1S/C21H23N5O2/c27-18(24-11-5-2-6-12-24)14-25-21(28)20-17(19(23-25)15-9-10-15)13-22-26(20)16-7-3-1-4-8-16/h1,3-4,7-8,13,15H,2,5-6,9-12,14H2. The Balaban J connectivity index is 1.60. The molecule has 1 aliphatic carbocycles. The molecule has 3 aromatic rings. The highest BCUT2D eigenvalue weighted by molar-refractivity contribution is 5.83. The van der Waals surface area contributed by atoms with Crippen molar-refractivity contribution in [3.63, 3.8) is 0 Å². The molecule has 0 atom stereocenters. The van der Waals surface area contributed by atoms with E-state index in [1.807, 2.05) is 35.2 Å². The van der Waals surface area contributed by atoms with Crippen molar-refractivity contribution in [1.29, 1.82) is 0 Å². The average Bonchev–Trinajstić information content (AvgIpc) is 3.49. The van der Waals surface area contributed by atoms with Gasteiger partial charge >= 0.3 is 0 Å². The number of nitrogens with zero attached hydrogens (tertiary/aromatic N) is 5. The van der Waals surface area contributed by atoms with Crippen LogP contribution < -0.4 is 5.56 Å². The zero-order valence-electron chi connectivity index (χ0n) is 15.8. The van der Waals surface area contributed by atoms with E-state index in [2.05, 4.69) is 10.2 Å². The number of carbonyl (C=O) groups excluding carboxylic acids is 1. The molecule has 7 heteroatoms. The minimum atomic E-state index is -0.258. The van der Waals surface area contributed by atoms with E-state index in [1.54, 1.807) is 10.9 Å². The smallest absolute Gasteiger partial charge is 0.293 e. The van der Waals surface area contributed by atoms with Crippen molar-refractivity contribution in [3.8, 4) is 5.69 Å². The number of fused-ring (bicyclic) bond motifs is 1. The third-order valence-electron chi connectivity index (χ3n) is 5.67. The minimum Gasteiger partial charge on any atom is -0.341 e. The van der Waals surface area contributed by atoms with Crippen LogP contribution in [0.1, 0.15) is 43.7 Å². The summed E-state index contributed by atoms with van der Waals surface area (Å²) in [6, 6.07) is 9.62. The van der Waals surface area contributed by atoms with Crippen LogP contribution in [0, 0.1) is 0 Å². The van der Waals surface area contributed by atoms with Crippen molar-refractivity contribution in [2.45, 2.75) is 44.6 Å². The lowest BCUT2D eigenvalue weighted by molar-refractivity contribution is -0.133. The van der Waals surface area contributed by atoms with Crippen molar-refractivity contribution in [2.24, 2.45) is 0 Å². The summed E-state index contributed by atoms with van der Waals surface area (Å²) in [5, 5.41) is 9.89. The second kappa shape index (κ2) is 6.89. The molecule has 28 heavy (non-hydrogen) atoms. The second-order valence-corrected chi connectivity index (χ2v) is 7.72. The molecule has 2 aliphatic rings. The number of carbonyl (C=O) groups is 1. The molecule has 144 valence electrons. The monoisotopic (exact) mass is 377 g/mol. The first-order valence-corrected chi connectivity index (χ1v) is 10.0. The van der Waals surface area contributed by atoms with Crippen LogP contribution in [0.15, 0.2) is 41.3 Å². The molecule has 0 unspecified atom stereocenters. The molecule has 1 saturated carbocycles. The molecule has 2 fully saturated rings. The van der Waals surface area contributed by atoms with Gasteiger partial charge in [0.2, 0.25) is 5.91 Å². The van der Waals surface area contributed by atoms with Crippen molar-refractivity contribution in [1.82, 2.24) is 24.5 Å². The number of hydrogen-bond acceptors (Lipinski definition) is 4. The molecule has 1 aliphatic heterocycles. The molecule has 0 spiro atoms. The average molecular weight is 377 g/mol. The molecule has 5 rings (SSSR count). The SMILES string of the molecule is O=C(Cn1nc(C2CC2)c2cnn(-c3ccccc3)c2c1=O)N1CCCCC1. The van der Waals surface area contributed by atoms with Crippen LogP contribution in [0.4, 0.5) is 0 Å². The summed E-state index contributed by atoms with van der Waals surface area (Å²) in [4.78, 5) is 27.9. The predicted octanol–water partition coefficient (Wildman–Crippen LogP) is 2.47. The highest BCUT2D eigenvalue weighted by atomic mass is 16.2. The first-order valence-electron chi connectivity index (χ1n) is 10.0. The Morgan fingerprint density at radius 3 is 2.54 bits per heavy atom. The zero-order chi connectivity index (χ0) is 19.1. The number of hydrogen-bond donors (Lipinski definition) is 0. The Hall–Kier alpha value is -2.96. The van der Waals surface area contributed by atoms with Crippen LogP contribution in [0.3, 0.4) is 0 Å². The van der Waals surface area contributed by atoms with E-state index in [0.29, 0.717) is 11.4 Å². The summed E-state index contributed by atoms with van der Waals surface area (Å²) in [6.07, 6.45) is 7.09. The van der Waals surface area contributed by atoms with Gasteiger partial charge in [-0.25, -0.2) is 9.36 Å². The first-order chi connectivity index (χ1) is 13.7. The van der Waals surface area contributed by atoms with E-state index >= 15 is 0 Å². The number of rotatable bonds is 4. The highest BCUT2D eigenvalue weighted by Gasteiger charge is 2.30. The number of amides is 1. The fourth-order valence-electron chi connectivity index (χ4n) is 4.00.